The summed E-state index contributed by atoms with van der Waals surface area (Å²) < 4.78 is 34.3. The van der Waals surface area contributed by atoms with Crippen LogP contribution in [-0.2, 0) is 16.6 Å². The quantitative estimate of drug-likeness (QED) is 0.678. The van der Waals surface area contributed by atoms with Gasteiger partial charge in [-0.3, -0.25) is 0 Å². The first-order chi connectivity index (χ1) is 11.0. The predicted octanol–water partition coefficient (Wildman–Crippen LogP) is 4.26. The first-order valence-corrected chi connectivity index (χ1v) is 10.6. The standard InChI is InChI=1S/C16H18BrNO3S2/c1-2-21-15-8-5-12(17)10-16(15)23(19,20)18(13-6-7-13)11-14-4-3-9-22-14/h3-5,8-10,13H,2,6-7,11H2,1H3. The monoisotopic (exact) mass is 415 g/mol. The molecule has 0 bridgehead atoms. The molecule has 1 fully saturated rings. The lowest BCUT2D eigenvalue weighted by atomic mass is 10.3. The van der Waals surface area contributed by atoms with Gasteiger partial charge in [0.15, 0.2) is 0 Å². The number of hydrogen-bond donors (Lipinski definition) is 0. The van der Waals surface area contributed by atoms with Crippen molar-refractivity contribution in [2.24, 2.45) is 0 Å². The van der Waals surface area contributed by atoms with Gasteiger partial charge >= 0.3 is 0 Å². The number of rotatable bonds is 7. The Morgan fingerprint density at radius 2 is 2.13 bits per heavy atom. The normalized spacial score (nSPS) is 15.1. The Bertz CT molecular complexity index is 771. The molecular weight excluding hydrogens is 398 g/mol. The number of thiophene rings is 1. The largest absolute Gasteiger partial charge is 0.492 e. The fraction of sp³-hybridized carbons (Fsp3) is 0.375. The molecular formula is C16H18BrNO3S2. The van der Waals surface area contributed by atoms with E-state index in [1.54, 1.807) is 33.8 Å². The lowest BCUT2D eigenvalue weighted by Crippen LogP contribution is -2.32. The number of benzene rings is 1. The molecule has 1 aromatic heterocycles. The molecule has 0 spiro atoms. The maximum atomic E-state index is 13.2. The minimum Gasteiger partial charge on any atom is -0.492 e. The van der Waals surface area contributed by atoms with E-state index >= 15 is 0 Å². The summed E-state index contributed by atoms with van der Waals surface area (Å²) in [6.45, 7) is 2.70. The molecule has 2 aromatic rings. The van der Waals surface area contributed by atoms with Crippen LogP contribution < -0.4 is 4.74 Å². The molecule has 1 aromatic carbocycles. The van der Waals surface area contributed by atoms with E-state index in [2.05, 4.69) is 15.9 Å². The Hall–Kier alpha value is -0.890. The SMILES string of the molecule is CCOc1ccc(Br)cc1S(=O)(=O)N(Cc1cccs1)C1CC1. The van der Waals surface area contributed by atoms with Crippen molar-refractivity contribution in [1.29, 1.82) is 0 Å². The van der Waals surface area contributed by atoms with Crippen molar-refractivity contribution in [2.75, 3.05) is 6.61 Å². The molecule has 124 valence electrons. The molecule has 1 saturated carbocycles. The van der Waals surface area contributed by atoms with Crippen molar-refractivity contribution in [3.05, 3.63) is 45.1 Å². The van der Waals surface area contributed by atoms with Crippen LogP contribution in [0.4, 0.5) is 0 Å². The molecule has 7 heteroatoms. The van der Waals surface area contributed by atoms with Crippen molar-refractivity contribution < 1.29 is 13.2 Å². The molecule has 0 unspecified atom stereocenters. The molecule has 0 atom stereocenters. The third kappa shape index (κ3) is 3.79. The van der Waals surface area contributed by atoms with Crippen LogP contribution in [0.1, 0.15) is 24.6 Å². The zero-order valence-corrected chi connectivity index (χ0v) is 16.0. The summed E-state index contributed by atoms with van der Waals surface area (Å²) in [4.78, 5) is 1.28. The fourth-order valence-electron chi connectivity index (χ4n) is 2.41. The summed E-state index contributed by atoms with van der Waals surface area (Å²) >= 11 is 4.94. The summed E-state index contributed by atoms with van der Waals surface area (Å²) in [6, 6.07) is 9.14. The van der Waals surface area contributed by atoms with Gasteiger partial charge in [0.25, 0.3) is 0 Å². The van der Waals surface area contributed by atoms with Crippen LogP contribution in [-0.4, -0.2) is 25.4 Å². The Morgan fingerprint density at radius 3 is 2.74 bits per heavy atom. The fourth-order valence-corrected chi connectivity index (χ4v) is 5.53. The Kier molecular flexibility index (Phi) is 5.10. The Balaban J connectivity index is 1.99. The number of ether oxygens (including phenoxy) is 1. The molecule has 4 nitrogen and oxygen atoms in total. The second kappa shape index (κ2) is 6.93. The second-order valence-corrected chi connectivity index (χ2v) is 9.19. The van der Waals surface area contributed by atoms with Gasteiger partial charge in [0, 0.05) is 21.9 Å². The first-order valence-electron chi connectivity index (χ1n) is 7.49. The third-order valence-corrected chi connectivity index (χ3v) is 6.91. The smallest absolute Gasteiger partial charge is 0.247 e. The zero-order chi connectivity index (χ0) is 16.4. The molecule has 0 N–H and O–H groups in total. The van der Waals surface area contributed by atoms with Gasteiger partial charge < -0.3 is 4.74 Å². The van der Waals surface area contributed by atoms with Crippen molar-refractivity contribution in [1.82, 2.24) is 4.31 Å². The van der Waals surface area contributed by atoms with Gasteiger partial charge in [-0.1, -0.05) is 22.0 Å². The highest BCUT2D eigenvalue weighted by molar-refractivity contribution is 9.10. The van der Waals surface area contributed by atoms with Crippen LogP contribution in [0.2, 0.25) is 0 Å². The summed E-state index contributed by atoms with van der Waals surface area (Å²) in [5.41, 5.74) is 0. The van der Waals surface area contributed by atoms with Crippen LogP contribution >= 0.6 is 27.3 Å². The molecule has 3 rings (SSSR count). The molecule has 0 saturated heterocycles. The Labute approximate surface area is 149 Å². The van der Waals surface area contributed by atoms with E-state index in [-0.39, 0.29) is 10.9 Å². The molecule has 0 amide bonds. The lowest BCUT2D eigenvalue weighted by molar-refractivity contribution is 0.327. The van der Waals surface area contributed by atoms with Crippen LogP contribution in [0.5, 0.6) is 5.75 Å². The lowest BCUT2D eigenvalue weighted by Gasteiger charge is -2.23. The van der Waals surface area contributed by atoms with E-state index in [1.165, 1.54) is 0 Å². The minimum absolute atomic E-state index is 0.0931. The van der Waals surface area contributed by atoms with Crippen molar-refractivity contribution in [3.8, 4) is 5.75 Å². The summed E-state index contributed by atoms with van der Waals surface area (Å²) in [5.74, 6) is 0.410. The van der Waals surface area contributed by atoms with Gasteiger partial charge in [0.2, 0.25) is 10.0 Å². The molecule has 1 aliphatic rings. The average molecular weight is 416 g/mol. The number of nitrogens with zero attached hydrogens (tertiary/aromatic N) is 1. The van der Waals surface area contributed by atoms with E-state index in [0.717, 1.165) is 22.2 Å². The first kappa shape index (κ1) is 17.0. The molecule has 1 aliphatic carbocycles. The maximum absolute atomic E-state index is 13.2. The number of sulfonamides is 1. The second-order valence-electron chi connectivity index (χ2n) is 5.38. The predicted molar refractivity (Wildman–Crippen MR) is 95.4 cm³/mol. The summed E-state index contributed by atoms with van der Waals surface area (Å²) in [5, 5.41) is 1.97. The van der Waals surface area contributed by atoms with Crippen LogP contribution in [0.25, 0.3) is 0 Å². The topological polar surface area (TPSA) is 46.6 Å². The van der Waals surface area contributed by atoms with Gasteiger partial charge in [0.05, 0.1) is 6.61 Å². The van der Waals surface area contributed by atoms with Crippen LogP contribution in [0.15, 0.2) is 45.1 Å². The molecule has 1 heterocycles. The molecule has 0 aliphatic heterocycles. The molecule has 0 radical (unpaired) electrons. The highest BCUT2D eigenvalue weighted by Crippen LogP contribution is 2.37. The minimum atomic E-state index is -3.60. The van der Waals surface area contributed by atoms with E-state index in [0.29, 0.717) is 18.9 Å². The van der Waals surface area contributed by atoms with E-state index in [1.807, 2.05) is 24.4 Å². The van der Waals surface area contributed by atoms with Crippen LogP contribution in [0, 0.1) is 0 Å². The maximum Gasteiger partial charge on any atom is 0.247 e. The number of halogens is 1. The average Bonchev–Trinajstić information content (AvgIpc) is 3.22. The van der Waals surface area contributed by atoms with E-state index < -0.39 is 10.0 Å². The van der Waals surface area contributed by atoms with Crippen LogP contribution in [0.3, 0.4) is 0 Å². The van der Waals surface area contributed by atoms with Gasteiger partial charge in [0.1, 0.15) is 10.6 Å². The Morgan fingerprint density at radius 1 is 1.35 bits per heavy atom. The molecule has 23 heavy (non-hydrogen) atoms. The van der Waals surface area contributed by atoms with E-state index in [9.17, 15) is 8.42 Å². The van der Waals surface area contributed by atoms with Crippen molar-refractivity contribution in [2.45, 2.75) is 37.2 Å². The van der Waals surface area contributed by atoms with Gasteiger partial charge in [-0.15, -0.1) is 11.3 Å². The van der Waals surface area contributed by atoms with Gasteiger partial charge in [-0.2, -0.15) is 4.31 Å². The number of hydrogen-bond acceptors (Lipinski definition) is 4. The van der Waals surface area contributed by atoms with E-state index in [4.69, 9.17) is 4.74 Å². The highest BCUT2D eigenvalue weighted by Gasteiger charge is 2.39. The highest BCUT2D eigenvalue weighted by atomic mass is 79.9. The van der Waals surface area contributed by atoms with Crippen molar-refractivity contribution in [3.63, 3.8) is 0 Å². The van der Waals surface area contributed by atoms with Gasteiger partial charge in [-0.25, -0.2) is 8.42 Å². The summed E-state index contributed by atoms with van der Waals surface area (Å²) in [6.07, 6.45) is 1.84. The summed E-state index contributed by atoms with van der Waals surface area (Å²) in [7, 11) is -3.60. The zero-order valence-electron chi connectivity index (χ0n) is 12.7. The van der Waals surface area contributed by atoms with Crippen molar-refractivity contribution >= 4 is 37.3 Å². The third-order valence-electron chi connectivity index (χ3n) is 3.64. The van der Waals surface area contributed by atoms with Gasteiger partial charge in [-0.05, 0) is 49.4 Å².